The molecule has 0 saturated heterocycles. The van der Waals surface area contributed by atoms with E-state index in [1.807, 2.05) is 30.5 Å². The van der Waals surface area contributed by atoms with Crippen LogP contribution in [0.1, 0.15) is 5.56 Å². The second-order valence-electron chi connectivity index (χ2n) is 3.10. The molecule has 2 heteroatoms. The normalized spacial score (nSPS) is 10.1. The molecule has 0 saturated carbocycles. The first-order valence-corrected chi connectivity index (χ1v) is 4.60. The molecule has 2 aromatic rings. The summed E-state index contributed by atoms with van der Waals surface area (Å²) < 4.78 is 0. The van der Waals surface area contributed by atoms with Gasteiger partial charge in [-0.05, 0) is 17.2 Å². The quantitative estimate of drug-likeness (QED) is 0.777. The van der Waals surface area contributed by atoms with E-state index in [9.17, 15) is 0 Å². The SMILES string of the molecule is NCc1ccncc1-c1ccccc1. The molecule has 70 valence electrons. The van der Waals surface area contributed by atoms with E-state index in [0.717, 1.165) is 11.1 Å². The summed E-state index contributed by atoms with van der Waals surface area (Å²) in [5.74, 6) is 0. The maximum Gasteiger partial charge on any atom is 0.0349 e. The molecule has 0 aliphatic carbocycles. The van der Waals surface area contributed by atoms with Gasteiger partial charge in [0.25, 0.3) is 0 Å². The van der Waals surface area contributed by atoms with E-state index < -0.39 is 0 Å². The van der Waals surface area contributed by atoms with Crippen molar-refractivity contribution >= 4 is 0 Å². The standard InChI is InChI=1S/C12H12N2/c13-8-11-6-7-14-9-12(11)10-4-2-1-3-5-10/h1-7,9H,8,13H2. The minimum Gasteiger partial charge on any atom is -0.326 e. The zero-order valence-electron chi connectivity index (χ0n) is 7.85. The van der Waals surface area contributed by atoms with Gasteiger partial charge in [0.15, 0.2) is 0 Å². The summed E-state index contributed by atoms with van der Waals surface area (Å²) in [6, 6.07) is 12.1. The van der Waals surface area contributed by atoms with Crippen molar-refractivity contribution in [3.05, 3.63) is 54.4 Å². The third-order valence-corrected chi connectivity index (χ3v) is 2.22. The van der Waals surface area contributed by atoms with E-state index in [-0.39, 0.29) is 0 Å². The molecule has 0 fully saturated rings. The Morgan fingerprint density at radius 3 is 2.57 bits per heavy atom. The molecule has 0 spiro atoms. The Hall–Kier alpha value is -1.67. The van der Waals surface area contributed by atoms with Crippen molar-refractivity contribution in [2.75, 3.05) is 0 Å². The molecule has 1 aromatic carbocycles. The number of nitrogens with zero attached hydrogens (tertiary/aromatic N) is 1. The predicted molar refractivity (Wildman–Crippen MR) is 57.6 cm³/mol. The number of hydrogen-bond acceptors (Lipinski definition) is 2. The van der Waals surface area contributed by atoms with Crippen LogP contribution in [-0.4, -0.2) is 4.98 Å². The molecule has 1 heterocycles. The van der Waals surface area contributed by atoms with Gasteiger partial charge in [-0.2, -0.15) is 0 Å². The highest BCUT2D eigenvalue weighted by Crippen LogP contribution is 2.21. The average Bonchev–Trinajstić information content (AvgIpc) is 2.30. The lowest BCUT2D eigenvalue weighted by molar-refractivity contribution is 1.06. The van der Waals surface area contributed by atoms with E-state index >= 15 is 0 Å². The minimum absolute atomic E-state index is 0.548. The van der Waals surface area contributed by atoms with Crippen molar-refractivity contribution in [3.8, 4) is 11.1 Å². The molecule has 0 radical (unpaired) electrons. The van der Waals surface area contributed by atoms with Gasteiger partial charge in [-0.25, -0.2) is 0 Å². The minimum atomic E-state index is 0.548. The van der Waals surface area contributed by atoms with Gasteiger partial charge in [-0.3, -0.25) is 4.98 Å². The first-order chi connectivity index (χ1) is 6.92. The number of hydrogen-bond donors (Lipinski definition) is 1. The molecule has 14 heavy (non-hydrogen) atoms. The summed E-state index contributed by atoms with van der Waals surface area (Å²) in [5, 5.41) is 0. The molecule has 0 atom stereocenters. The van der Waals surface area contributed by atoms with Crippen LogP contribution in [0.15, 0.2) is 48.8 Å². The van der Waals surface area contributed by atoms with Gasteiger partial charge in [0.2, 0.25) is 0 Å². The Balaban J connectivity index is 2.51. The van der Waals surface area contributed by atoms with Gasteiger partial charge in [0.1, 0.15) is 0 Å². The first kappa shape index (κ1) is 8.91. The van der Waals surface area contributed by atoms with E-state index in [4.69, 9.17) is 5.73 Å². The van der Waals surface area contributed by atoms with Crippen LogP contribution in [0.4, 0.5) is 0 Å². The molecule has 0 aliphatic rings. The molecule has 0 unspecified atom stereocenters. The van der Waals surface area contributed by atoms with Gasteiger partial charge in [-0.15, -0.1) is 0 Å². The van der Waals surface area contributed by atoms with Crippen LogP contribution in [0.25, 0.3) is 11.1 Å². The van der Waals surface area contributed by atoms with Crippen LogP contribution in [-0.2, 0) is 6.54 Å². The Labute approximate surface area is 83.4 Å². The second-order valence-corrected chi connectivity index (χ2v) is 3.10. The topological polar surface area (TPSA) is 38.9 Å². The van der Waals surface area contributed by atoms with Gasteiger partial charge < -0.3 is 5.73 Å². The molecule has 2 nitrogen and oxygen atoms in total. The van der Waals surface area contributed by atoms with Crippen LogP contribution < -0.4 is 5.73 Å². The summed E-state index contributed by atoms with van der Waals surface area (Å²) in [5.41, 5.74) is 9.08. The summed E-state index contributed by atoms with van der Waals surface area (Å²) in [7, 11) is 0. The fourth-order valence-electron chi connectivity index (χ4n) is 1.48. The lowest BCUT2D eigenvalue weighted by Gasteiger charge is -2.06. The van der Waals surface area contributed by atoms with E-state index in [1.54, 1.807) is 6.20 Å². The van der Waals surface area contributed by atoms with Gasteiger partial charge in [-0.1, -0.05) is 30.3 Å². The fourth-order valence-corrected chi connectivity index (χ4v) is 1.48. The lowest BCUT2D eigenvalue weighted by atomic mass is 10.0. The Morgan fingerprint density at radius 2 is 1.86 bits per heavy atom. The molecule has 2 N–H and O–H groups in total. The predicted octanol–water partition coefficient (Wildman–Crippen LogP) is 2.21. The van der Waals surface area contributed by atoms with Crippen molar-refractivity contribution in [1.82, 2.24) is 4.98 Å². The maximum atomic E-state index is 5.66. The molecule has 0 aliphatic heterocycles. The zero-order valence-corrected chi connectivity index (χ0v) is 7.85. The summed E-state index contributed by atoms with van der Waals surface area (Å²) >= 11 is 0. The molecule has 0 bridgehead atoms. The number of rotatable bonds is 2. The second kappa shape index (κ2) is 4.03. The third kappa shape index (κ3) is 1.65. The van der Waals surface area contributed by atoms with Crippen molar-refractivity contribution < 1.29 is 0 Å². The molecular formula is C12H12N2. The zero-order chi connectivity index (χ0) is 9.80. The fraction of sp³-hybridized carbons (Fsp3) is 0.0833. The average molecular weight is 184 g/mol. The van der Waals surface area contributed by atoms with Crippen molar-refractivity contribution in [2.45, 2.75) is 6.54 Å². The summed E-state index contributed by atoms with van der Waals surface area (Å²) in [6.45, 7) is 0.548. The highest BCUT2D eigenvalue weighted by molar-refractivity contribution is 5.65. The van der Waals surface area contributed by atoms with Gasteiger partial charge >= 0.3 is 0 Å². The van der Waals surface area contributed by atoms with E-state index in [2.05, 4.69) is 17.1 Å². The number of pyridine rings is 1. The number of benzene rings is 1. The van der Waals surface area contributed by atoms with Crippen molar-refractivity contribution in [3.63, 3.8) is 0 Å². The highest BCUT2D eigenvalue weighted by Gasteiger charge is 2.01. The number of nitrogens with two attached hydrogens (primary N) is 1. The molecule has 0 amide bonds. The summed E-state index contributed by atoms with van der Waals surface area (Å²) in [6.07, 6.45) is 3.63. The van der Waals surface area contributed by atoms with Gasteiger partial charge in [0.05, 0.1) is 0 Å². The van der Waals surface area contributed by atoms with Crippen molar-refractivity contribution in [2.24, 2.45) is 5.73 Å². The first-order valence-electron chi connectivity index (χ1n) is 4.60. The Bertz CT molecular complexity index is 410. The lowest BCUT2D eigenvalue weighted by Crippen LogP contribution is -1.99. The van der Waals surface area contributed by atoms with Crippen LogP contribution in [0.3, 0.4) is 0 Å². The monoisotopic (exact) mass is 184 g/mol. The number of aromatic nitrogens is 1. The largest absolute Gasteiger partial charge is 0.326 e. The van der Waals surface area contributed by atoms with Crippen LogP contribution in [0, 0.1) is 0 Å². The smallest absolute Gasteiger partial charge is 0.0349 e. The maximum absolute atomic E-state index is 5.66. The summed E-state index contributed by atoms with van der Waals surface area (Å²) in [4.78, 5) is 4.11. The van der Waals surface area contributed by atoms with E-state index in [1.165, 1.54) is 5.56 Å². The Kier molecular flexibility index (Phi) is 2.56. The van der Waals surface area contributed by atoms with Crippen molar-refractivity contribution in [1.29, 1.82) is 0 Å². The van der Waals surface area contributed by atoms with E-state index in [0.29, 0.717) is 6.54 Å². The van der Waals surface area contributed by atoms with Crippen LogP contribution >= 0.6 is 0 Å². The third-order valence-electron chi connectivity index (χ3n) is 2.22. The molecule has 2 rings (SSSR count). The molecule has 1 aromatic heterocycles. The highest BCUT2D eigenvalue weighted by atomic mass is 14.6. The van der Waals surface area contributed by atoms with Crippen LogP contribution in [0.2, 0.25) is 0 Å². The van der Waals surface area contributed by atoms with Gasteiger partial charge in [0, 0.05) is 24.5 Å². The molecular weight excluding hydrogens is 172 g/mol. The van der Waals surface area contributed by atoms with Crippen LogP contribution in [0.5, 0.6) is 0 Å². The Morgan fingerprint density at radius 1 is 1.07 bits per heavy atom.